The molecule has 0 saturated carbocycles. The topological polar surface area (TPSA) is 27.7 Å². The highest BCUT2D eigenvalue weighted by molar-refractivity contribution is 6.78. The van der Waals surface area contributed by atoms with Gasteiger partial charge in [-0.2, -0.15) is 0 Å². The Morgan fingerprint density at radius 3 is 1.27 bits per heavy atom. The number of ether oxygens (including phenoxy) is 1. The van der Waals surface area contributed by atoms with Crippen molar-refractivity contribution in [1.82, 2.24) is 0 Å². The van der Waals surface area contributed by atoms with E-state index in [1.54, 1.807) is 0 Å². The monoisotopic (exact) mass is 458 g/mol. The lowest BCUT2D eigenvalue weighted by atomic mass is 9.95. The van der Waals surface area contributed by atoms with Crippen LogP contribution in [-0.2, 0) is 13.6 Å². The van der Waals surface area contributed by atoms with E-state index in [4.69, 9.17) is 13.6 Å². The summed E-state index contributed by atoms with van der Waals surface area (Å²) in [4.78, 5) is 0. The predicted octanol–water partition coefficient (Wildman–Crippen LogP) is 8.51. The van der Waals surface area contributed by atoms with Gasteiger partial charge in [0.05, 0.1) is 12.2 Å². The van der Waals surface area contributed by atoms with Crippen LogP contribution in [0.1, 0.15) is 103 Å². The van der Waals surface area contributed by atoms with E-state index < -0.39 is 16.6 Å². The molecule has 1 aliphatic heterocycles. The van der Waals surface area contributed by atoms with Gasteiger partial charge in [0, 0.05) is 0 Å². The Morgan fingerprint density at radius 2 is 0.933 bits per heavy atom. The van der Waals surface area contributed by atoms with Crippen LogP contribution < -0.4 is 0 Å². The van der Waals surface area contributed by atoms with Crippen LogP contribution in [0.2, 0.25) is 33.2 Å². The van der Waals surface area contributed by atoms with Gasteiger partial charge in [0.25, 0.3) is 0 Å². The van der Waals surface area contributed by atoms with Gasteiger partial charge in [-0.25, -0.2) is 0 Å². The Balaban J connectivity index is 3.43. The van der Waals surface area contributed by atoms with Gasteiger partial charge in [0.15, 0.2) is 6.29 Å². The molecule has 0 amide bonds. The third-order valence-electron chi connectivity index (χ3n) is 7.97. The Labute approximate surface area is 191 Å². The lowest BCUT2D eigenvalue weighted by Crippen LogP contribution is -2.60. The fraction of sp³-hybridized carbons (Fsp3) is 1.00. The first-order valence-electron chi connectivity index (χ1n) is 12.6. The van der Waals surface area contributed by atoms with Crippen LogP contribution in [0.15, 0.2) is 0 Å². The first-order valence-corrected chi connectivity index (χ1v) is 16.9. The zero-order chi connectivity index (χ0) is 23.6. The summed E-state index contributed by atoms with van der Waals surface area (Å²) in [6, 6.07) is 0. The Kier molecular flexibility index (Phi) is 10.4. The molecule has 1 aliphatic rings. The standard InChI is InChI=1S/C25H54O3Si2/c1-16(2)29(17(3)4,18(5)6)27-24-22(13)15-23(14)26-25(24)28-30(19(7)8,20(9)10)21(11)12/h16-25H,15H2,1-14H3/t22-,23-,24-,25?/m0/s1. The van der Waals surface area contributed by atoms with Crippen molar-refractivity contribution in [3.8, 4) is 0 Å². The molecule has 1 saturated heterocycles. The summed E-state index contributed by atoms with van der Waals surface area (Å²) in [6.45, 7) is 32.9. The molecule has 0 aromatic carbocycles. The van der Waals surface area contributed by atoms with Crippen LogP contribution in [-0.4, -0.2) is 35.1 Å². The Hall–Kier alpha value is 0.314. The molecule has 1 rings (SSSR count). The molecule has 0 bridgehead atoms. The number of rotatable bonds is 10. The van der Waals surface area contributed by atoms with E-state index in [-0.39, 0.29) is 18.5 Å². The van der Waals surface area contributed by atoms with Gasteiger partial charge >= 0.3 is 0 Å². The predicted molar refractivity (Wildman–Crippen MR) is 136 cm³/mol. The average Bonchev–Trinajstić information content (AvgIpc) is 2.56. The van der Waals surface area contributed by atoms with Gasteiger partial charge in [0.2, 0.25) is 16.6 Å². The lowest BCUT2D eigenvalue weighted by Gasteiger charge is -2.52. The highest BCUT2D eigenvalue weighted by Gasteiger charge is 2.53. The van der Waals surface area contributed by atoms with Crippen LogP contribution in [0, 0.1) is 5.92 Å². The van der Waals surface area contributed by atoms with E-state index in [2.05, 4.69) is 96.9 Å². The lowest BCUT2D eigenvalue weighted by molar-refractivity contribution is -0.216. The van der Waals surface area contributed by atoms with Gasteiger partial charge in [-0.15, -0.1) is 0 Å². The molecule has 3 nitrogen and oxygen atoms in total. The summed E-state index contributed by atoms with van der Waals surface area (Å²) < 4.78 is 21.1. The summed E-state index contributed by atoms with van der Waals surface area (Å²) in [7, 11) is -4.08. The fourth-order valence-electron chi connectivity index (χ4n) is 6.81. The summed E-state index contributed by atoms with van der Waals surface area (Å²) in [5, 5.41) is 0. The normalized spacial score (nSPS) is 26.8. The van der Waals surface area contributed by atoms with Crippen LogP contribution in [0.5, 0.6) is 0 Å². The van der Waals surface area contributed by atoms with Crippen LogP contribution in [0.25, 0.3) is 0 Å². The number of hydrogen-bond donors (Lipinski definition) is 0. The smallest absolute Gasteiger partial charge is 0.203 e. The molecular formula is C25H54O3Si2. The van der Waals surface area contributed by atoms with Crippen molar-refractivity contribution in [2.75, 3.05) is 0 Å². The maximum Gasteiger partial charge on any atom is 0.203 e. The minimum Gasteiger partial charge on any atom is -0.408 e. The molecule has 30 heavy (non-hydrogen) atoms. The second kappa shape index (κ2) is 11.0. The van der Waals surface area contributed by atoms with E-state index in [9.17, 15) is 0 Å². The molecular weight excluding hydrogens is 404 g/mol. The molecule has 1 heterocycles. The molecule has 0 spiro atoms. The van der Waals surface area contributed by atoms with Crippen molar-refractivity contribution < 1.29 is 13.6 Å². The second-order valence-corrected chi connectivity index (χ2v) is 22.7. The van der Waals surface area contributed by atoms with Gasteiger partial charge in [-0.3, -0.25) is 0 Å². The SMILES string of the molecule is CC(C)[Si](OC1O[C@@H](C)C[C@H](C)[C@@H]1O[Si](C(C)C)(C(C)C)C(C)C)(C(C)C)C(C)C. The molecule has 180 valence electrons. The molecule has 0 radical (unpaired) electrons. The van der Waals surface area contributed by atoms with Crippen molar-refractivity contribution in [1.29, 1.82) is 0 Å². The minimum absolute atomic E-state index is 0.0307. The average molecular weight is 459 g/mol. The molecule has 0 N–H and O–H groups in total. The highest BCUT2D eigenvalue weighted by atomic mass is 28.4. The van der Waals surface area contributed by atoms with Crippen molar-refractivity contribution in [3.63, 3.8) is 0 Å². The van der Waals surface area contributed by atoms with E-state index in [0.29, 0.717) is 39.2 Å². The summed E-state index contributed by atoms with van der Waals surface area (Å²) >= 11 is 0. The third kappa shape index (κ3) is 5.44. The zero-order valence-corrected chi connectivity index (χ0v) is 24.7. The van der Waals surface area contributed by atoms with Crippen molar-refractivity contribution in [3.05, 3.63) is 0 Å². The van der Waals surface area contributed by atoms with Gasteiger partial charge in [0.1, 0.15) is 0 Å². The van der Waals surface area contributed by atoms with Crippen molar-refractivity contribution in [2.24, 2.45) is 5.92 Å². The zero-order valence-electron chi connectivity index (χ0n) is 22.7. The molecule has 4 atom stereocenters. The van der Waals surface area contributed by atoms with Crippen molar-refractivity contribution in [2.45, 2.75) is 155 Å². The summed E-state index contributed by atoms with van der Waals surface area (Å²) in [6.07, 6.45) is 1.05. The number of hydrogen-bond acceptors (Lipinski definition) is 3. The van der Waals surface area contributed by atoms with E-state index >= 15 is 0 Å². The molecule has 5 heteroatoms. The molecule has 1 unspecified atom stereocenters. The third-order valence-corrected chi connectivity index (χ3v) is 20.1. The maximum absolute atomic E-state index is 7.33. The molecule has 0 aromatic rings. The second-order valence-electron chi connectivity index (χ2n) is 11.9. The Morgan fingerprint density at radius 1 is 0.600 bits per heavy atom. The fourth-order valence-corrected chi connectivity index (χ4v) is 17.8. The minimum atomic E-state index is -2.06. The van der Waals surface area contributed by atoms with Crippen LogP contribution in [0.4, 0.5) is 0 Å². The molecule has 0 aromatic heterocycles. The maximum atomic E-state index is 7.33. The Bertz CT molecular complexity index is 473. The first kappa shape index (κ1) is 28.3. The van der Waals surface area contributed by atoms with Crippen molar-refractivity contribution >= 4 is 16.6 Å². The van der Waals surface area contributed by atoms with Crippen LogP contribution in [0.3, 0.4) is 0 Å². The summed E-state index contributed by atoms with van der Waals surface area (Å²) in [5.41, 5.74) is 3.30. The molecule has 1 fully saturated rings. The van der Waals surface area contributed by atoms with Gasteiger partial charge < -0.3 is 13.6 Å². The van der Waals surface area contributed by atoms with E-state index in [1.165, 1.54) is 0 Å². The van der Waals surface area contributed by atoms with Gasteiger partial charge in [-0.1, -0.05) is 90.0 Å². The van der Waals surface area contributed by atoms with E-state index in [1.807, 2.05) is 0 Å². The van der Waals surface area contributed by atoms with Gasteiger partial charge in [-0.05, 0) is 52.5 Å². The first-order chi connectivity index (χ1) is 13.6. The molecule has 0 aliphatic carbocycles. The quantitative estimate of drug-likeness (QED) is 0.307. The largest absolute Gasteiger partial charge is 0.408 e. The summed E-state index contributed by atoms with van der Waals surface area (Å²) in [5.74, 6) is 0.445. The van der Waals surface area contributed by atoms with Crippen LogP contribution >= 0.6 is 0 Å². The highest BCUT2D eigenvalue weighted by Crippen LogP contribution is 2.48. The van der Waals surface area contributed by atoms with E-state index in [0.717, 1.165) is 6.42 Å².